The van der Waals surface area contributed by atoms with Crippen LogP contribution in [0.3, 0.4) is 0 Å². The van der Waals surface area contributed by atoms with Crippen LogP contribution in [0.25, 0.3) is 10.8 Å². The van der Waals surface area contributed by atoms with Gasteiger partial charge in [-0.3, -0.25) is 12.7 Å². The molecule has 2 aliphatic rings. The Morgan fingerprint density at radius 1 is 1.14 bits per heavy atom. The van der Waals surface area contributed by atoms with E-state index in [0.717, 1.165) is 23.6 Å². The fraction of sp³-hybridized carbons (Fsp3) is 0.385. The number of benzene rings is 2. The molecule has 0 spiro atoms. The monoisotopic (exact) mass is 598 g/mol. The Kier molecular flexibility index (Phi) is 7.44. The highest BCUT2D eigenvalue weighted by Crippen LogP contribution is 2.56. The normalized spacial score (nSPS) is 21.7. The van der Waals surface area contributed by atoms with E-state index in [1.807, 2.05) is 42.5 Å². The molecule has 9 heteroatoms. The molecular weight excluding hydrogens is 572 g/mol. The van der Waals surface area contributed by atoms with Gasteiger partial charge in [0.25, 0.3) is 5.91 Å². The topological polar surface area (TPSA) is 58.6 Å². The Morgan fingerprint density at radius 3 is 2.57 bits per heavy atom. The zero-order valence-electron chi connectivity index (χ0n) is 19.2. The first-order valence-electron chi connectivity index (χ1n) is 11.5. The van der Waals surface area contributed by atoms with Crippen molar-refractivity contribution in [2.24, 2.45) is 5.41 Å². The molecular formula is C26H26F3IN2O3. The molecule has 2 atom stereocenters. The second-order valence-corrected chi connectivity index (χ2v) is 10.00. The van der Waals surface area contributed by atoms with Crippen molar-refractivity contribution >= 4 is 45.5 Å². The molecule has 0 bridgehead atoms. The van der Waals surface area contributed by atoms with E-state index in [2.05, 4.69) is 39.8 Å². The van der Waals surface area contributed by atoms with Crippen molar-refractivity contribution in [3.8, 4) is 0 Å². The lowest BCUT2D eigenvalue weighted by Crippen LogP contribution is -2.31. The second kappa shape index (κ2) is 10.2. The van der Waals surface area contributed by atoms with Gasteiger partial charge in [0.1, 0.15) is 5.76 Å². The Hall–Kier alpha value is -2.56. The number of fused-ring (bicyclic) bond motifs is 1. The standard InChI is InChI=1S/C26H26F3IN2O3/c1-2-25(14-15-31-23(33)18-10-12-19(13-11-18)35-26(27,28)29)16-22(25)32(30)24(34)21-9-5-7-17-6-3-4-8-20(17)21/h3-10,12,22H,2,11,13-16H2,1H3,(H,31,33). The van der Waals surface area contributed by atoms with E-state index in [0.29, 0.717) is 24.1 Å². The van der Waals surface area contributed by atoms with Crippen LogP contribution in [0, 0.1) is 5.41 Å². The van der Waals surface area contributed by atoms with Gasteiger partial charge in [-0.1, -0.05) is 49.4 Å². The van der Waals surface area contributed by atoms with E-state index in [9.17, 15) is 22.8 Å². The summed E-state index contributed by atoms with van der Waals surface area (Å²) in [5.74, 6) is -0.505. The largest absolute Gasteiger partial charge is 0.572 e. The first kappa shape index (κ1) is 25.5. The van der Waals surface area contributed by atoms with Gasteiger partial charge in [-0.2, -0.15) is 0 Å². The molecule has 0 aromatic heterocycles. The zero-order valence-corrected chi connectivity index (χ0v) is 21.4. The number of nitrogens with zero attached hydrogens (tertiary/aromatic N) is 1. The predicted octanol–water partition coefficient (Wildman–Crippen LogP) is 6.45. The van der Waals surface area contributed by atoms with Crippen molar-refractivity contribution in [3.63, 3.8) is 0 Å². The average Bonchev–Trinajstić information content (AvgIpc) is 3.57. The fourth-order valence-electron chi connectivity index (χ4n) is 4.72. The van der Waals surface area contributed by atoms with Crippen molar-refractivity contribution < 1.29 is 27.5 Å². The molecule has 2 amide bonds. The average molecular weight is 598 g/mol. The molecule has 0 saturated heterocycles. The molecule has 186 valence electrons. The van der Waals surface area contributed by atoms with Crippen LogP contribution in [-0.2, 0) is 9.53 Å². The van der Waals surface area contributed by atoms with Crippen LogP contribution in [0.1, 0.15) is 49.4 Å². The molecule has 35 heavy (non-hydrogen) atoms. The van der Waals surface area contributed by atoms with Gasteiger partial charge >= 0.3 is 6.36 Å². The van der Waals surface area contributed by atoms with Crippen LogP contribution in [0.5, 0.6) is 0 Å². The van der Waals surface area contributed by atoms with Gasteiger partial charge in [0.05, 0.1) is 22.9 Å². The summed E-state index contributed by atoms with van der Waals surface area (Å²) in [6.07, 6.45) is 0.524. The summed E-state index contributed by atoms with van der Waals surface area (Å²) in [4.78, 5) is 25.8. The number of rotatable bonds is 8. The number of ether oxygens (including phenoxy) is 1. The van der Waals surface area contributed by atoms with Crippen molar-refractivity contribution in [1.82, 2.24) is 8.43 Å². The van der Waals surface area contributed by atoms with Gasteiger partial charge in [-0.15, -0.1) is 13.2 Å². The quantitative estimate of drug-likeness (QED) is 0.281. The highest BCUT2D eigenvalue weighted by atomic mass is 127. The zero-order chi connectivity index (χ0) is 25.2. The van der Waals surface area contributed by atoms with Crippen LogP contribution >= 0.6 is 22.9 Å². The van der Waals surface area contributed by atoms with Gasteiger partial charge in [0.15, 0.2) is 0 Å². The van der Waals surface area contributed by atoms with Crippen LogP contribution in [0.2, 0.25) is 0 Å². The third-order valence-electron chi connectivity index (χ3n) is 6.90. The maximum absolute atomic E-state index is 13.3. The van der Waals surface area contributed by atoms with E-state index < -0.39 is 6.36 Å². The Labute approximate surface area is 215 Å². The molecule has 5 nitrogen and oxygen atoms in total. The van der Waals surface area contributed by atoms with Gasteiger partial charge in [0.2, 0.25) is 5.91 Å². The highest BCUT2D eigenvalue weighted by molar-refractivity contribution is 14.1. The molecule has 2 aromatic rings. The molecule has 2 aromatic carbocycles. The summed E-state index contributed by atoms with van der Waals surface area (Å²) >= 11 is 2.11. The number of carbonyl (C=O) groups is 2. The summed E-state index contributed by atoms with van der Waals surface area (Å²) in [5, 5.41) is 4.83. The predicted molar refractivity (Wildman–Crippen MR) is 135 cm³/mol. The minimum Gasteiger partial charge on any atom is -0.410 e. The van der Waals surface area contributed by atoms with Crippen LogP contribution < -0.4 is 5.32 Å². The molecule has 2 unspecified atom stereocenters. The summed E-state index contributed by atoms with van der Waals surface area (Å²) in [5.41, 5.74) is 1.04. The maximum atomic E-state index is 13.3. The third kappa shape index (κ3) is 5.82. The summed E-state index contributed by atoms with van der Waals surface area (Å²) in [7, 11) is 0. The summed E-state index contributed by atoms with van der Waals surface area (Å²) < 4.78 is 42.7. The number of hydrogen-bond donors (Lipinski definition) is 1. The Morgan fingerprint density at radius 2 is 1.89 bits per heavy atom. The summed E-state index contributed by atoms with van der Waals surface area (Å²) in [6, 6.07) is 13.6. The van der Waals surface area contributed by atoms with E-state index in [-0.39, 0.29) is 41.9 Å². The third-order valence-corrected chi connectivity index (χ3v) is 8.01. The molecule has 0 heterocycles. The van der Waals surface area contributed by atoms with Crippen molar-refractivity contribution in [2.75, 3.05) is 6.54 Å². The minimum absolute atomic E-state index is 0.0252. The van der Waals surface area contributed by atoms with Crippen molar-refractivity contribution in [3.05, 3.63) is 71.5 Å². The molecule has 0 aliphatic heterocycles. The fourth-order valence-corrected chi connectivity index (χ4v) is 5.77. The second-order valence-electron chi connectivity index (χ2n) is 8.96. The lowest BCUT2D eigenvalue weighted by molar-refractivity contribution is -0.306. The first-order valence-corrected chi connectivity index (χ1v) is 12.5. The van der Waals surface area contributed by atoms with Gasteiger partial charge in [0, 0.05) is 30.1 Å². The Balaban J connectivity index is 1.33. The Bertz CT molecular complexity index is 1190. The van der Waals surface area contributed by atoms with Crippen molar-refractivity contribution in [2.45, 2.75) is 51.4 Å². The van der Waals surface area contributed by atoms with E-state index in [1.54, 1.807) is 3.11 Å². The number of nitrogens with one attached hydrogen (secondary N) is 1. The van der Waals surface area contributed by atoms with Gasteiger partial charge in [-0.05, 0) is 54.0 Å². The molecule has 2 aliphatic carbocycles. The lowest BCUT2D eigenvalue weighted by atomic mass is 9.97. The maximum Gasteiger partial charge on any atom is 0.572 e. The van der Waals surface area contributed by atoms with E-state index in [1.165, 1.54) is 12.2 Å². The van der Waals surface area contributed by atoms with Crippen LogP contribution in [-0.4, -0.2) is 33.9 Å². The molecule has 4 rings (SSSR count). The number of allylic oxidation sites excluding steroid dienone is 3. The van der Waals surface area contributed by atoms with Gasteiger partial charge in [-0.25, -0.2) is 0 Å². The highest BCUT2D eigenvalue weighted by Gasteiger charge is 2.56. The van der Waals surface area contributed by atoms with Crippen LogP contribution in [0.15, 0.2) is 65.9 Å². The van der Waals surface area contributed by atoms with Crippen LogP contribution in [0.4, 0.5) is 13.2 Å². The number of halogens is 4. The SMILES string of the molecule is CCC1(CCNC(=O)C2=CC=C(OC(F)(F)F)CC2)CC1N(I)C(=O)c1cccc2ccccc12. The first-order chi connectivity index (χ1) is 16.6. The molecule has 1 fully saturated rings. The molecule has 0 radical (unpaired) electrons. The molecule has 1 saturated carbocycles. The van der Waals surface area contributed by atoms with Gasteiger partial charge < -0.3 is 10.1 Å². The summed E-state index contributed by atoms with van der Waals surface area (Å²) in [6.45, 7) is 2.52. The number of carbonyl (C=O) groups excluding carboxylic acids is 2. The van der Waals surface area contributed by atoms with E-state index in [4.69, 9.17) is 0 Å². The lowest BCUT2D eigenvalue weighted by Gasteiger charge is -2.22. The van der Waals surface area contributed by atoms with Crippen molar-refractivity contribution in [1.29, 1.82) is 0 Å². The minimum atomic E-state index is -4.73. The number of amides is 2. The molecule has 1 N–H and O–H groups in total. The number of hydrogen-bond acceptors (Lipinski definition) is 3. The number of alkyl halides is 3. The smallest absolute Gasteiger partial charge is 0.410 e. The van der Waals surface area contributed by atoms with E-state index >= 15 is 0 Å².